The van der Waals surface area contributed by atoms with Crippen molar-refractivity contribution in [1.29, 1.82) is 0 Å². The van der Waals surface area contributed by atoms with Gasteiger partial charge in [0.15, 0.2) is 6.61 Å². The smallest absolute Gasteiger partial charge is 0.257 e. The molecule has 1 aliphatic heterocycles. The lowest BCUT2D eigenvalue weighted by atomic mass is 10.3. The van der Waals surface area contributed by atoms with Crippen LogP contribution in [0.25, 0.3) is 0 Å². The van der Waals surface area contributed by atoms with Crippen LogP contribution < -0.4 is 19.7 Å². The molecule has 3 rings (SSSR count). The van der Waals surface area contributed by atoms with Crippen molar-refractivity contribution in [3.8, 4) is 11.5 Å². The Labute approximate surface area is 175 Å². The van der Waals surface area contributed by atoms with E-state index in [1.807, 2.05) is 4.90 Å². The van der Waals surface area contributed by atoms with Crippen LogP contribution in [0.4, 0.5) is 5.95 Å². The number of methoxy groups -OCH3 is 1. The number of piperazine rings is 1. The number of anilines is 1. The molecule has 0 aliphatic carbocycles. The molecule has 1 aliphatic rings. The highest BCUT2D eigenvalue weighted by atomic mass is 32.2. The molecule has 0 spiro atoms. The summed E-state index contributed by atoms with van der Waals surface area (Å²) in [7, 11) is -1.92. The average molecular weight is 436 g/mol. The van der Waals surface area contributed by atoms with E-state index < -0.39 is 10.0 Å². The van der Waals surface area contributed by atoms with Crippen molar-refractivity contribution >= 4 is 21.9 Å². The molecule has 1 saturated heterocycles. The number of benzene rings is 1. The van der Waals surface area contributed by atoms with Crippen molar-refractivity contribution in [2.45, 2.75) is 0 Å². The zero-order chi connectivity index (χ0) is 21.4. The maximum atomic E-state index is 12.5. The number of nitrogens with zero attached hydrogens (tertiary/aromatic N) is 4. The van der Waals surface area contributed by atoms with Crippen molar-refractivity contribution in [2.75, 3.05) is 57.1 Å². The summed E-state index contributed by atoms with van der Waals surface area (Å²) in [4.78, 5) is 22.3. The first-order valence-electron chi connectivity index (χ1n) is 9.51. The average Bonchev–Trinajstić information content (AvgIpc) is 2.78. The number of carbonyl (C=O) groups is 1. The molecular weight excluding hydrogens is 410 g/mol. The van der Waals surface area contributed by atoms with Gasteiger partial charge in [0.25, 0.3) is 5.91 Å². The van der Waals surface area contributed by atoms with Gasteiger partial charge in [0.2, 0.25) is 16.0 Å². The molecule has 10 nitrogen and oxygen atoms in total. The van der Waals surface area contributed by atoms with E-state index in [0.29, 0.717) is 43.6 Å². The number of carbonyl (C=O) groups excluding carboxylic acids is 1. The molecule has 1 fully saturated rings. The summed E-state index contributed by atoms with van der Waals surface area (Å²) in [6.45, 7) is 1.56. The topological polar surface area (TPSA) is 114 Å². The molecule has 11 heteroatoms. The molecule has 1 N–H and O–H groups in total. The molecule has 1 aromatic carbocycles. The van der Waals surface area contributed by atoms with Crippen LogP contribution in [0.5, 0.6) is 11.5 Å². The molecule has 30 heavy (non-hydrogen) atoms. The van der Waals surface area contributed by atoms with Gasteiger partial charge in [0.05, 0.1) is 12.9 Å². The Morgan fingerprint density at radius 1 is 1.10 bits per heavy atom. The van der Waals surface area contributed by atoms with Gasteiger partial charge in [-0.1, -0.05) is 6.07 Å². The summed E-state index contributed by atoms with van der Waals surface area (Å²) in [5.74, 6) is 1.16. The molecule has 0 unspecified atom stereocenters. The minimum Gasteiger partial charge on any atom is -0.497 e. The van der Waals surface area contributed by atoms with Crippen LogP contribution >= 0.6 is 0 Å². The molecule has 1 amide bonds. The van der Waals surface area contributed by atoms with Gasteiger partial charge in [-0.25, -0.2) is 18.4 Å². The molecule has 0 saturated carbocycles. The molecule has 162 valence electrons. The van der Waals surface area contributed by atoms with E-state index in [1.54, 1.807) is 49.8 Å². The van der Waals surface area contributed by atoms with Crippen LogP contribution in [0.15, 0.2) is 42.7 Å². The predicted octanol–water partition coefficient (Wildman–Crippen LogP) is 0.132. The number of hydrogen-bond acceptors (Lipinski definition) is 8. The Kier molecular flexibility index (Phi) is 7.41. The van der Waals surface area contributed by atoms with Crippen molar-refractivity contribution in [3.63, 3.8) is 0 Å². The Hall–Kier alpha value is -2.92. The van der Waals surface area contributed by atoms with Crippen LogP contribution in [-0.4, -0.2) is 80.8 Å². The van der Waals surface area contributed by atoms with Gasteiger partial charge in [0.1, 0.15) is 11.5 Å². The first kappa shape index (κ1) is 21.8. The maximum absolute atomic E-state index is 12.5. The second kappa shape index (κ2) is 10.2. The van der Waals surface area contributed by atoms with Crippen LogP contribution in [0, 0.1) is 0 Å². The maximum Gasteiger partial charge on any atom is 0.257 e. The number of rotatable bonds is 9. The third-order valence-electron chi connectivity index (χ3n) is 4.56. The van der Waals surface area contributed by atoms with Crippen LogP contribution in [0.3, 0.4) is 0 Å². The Balaban J connectivity index is 1.39. The number of hydrogen-bond donors (Lipinski definition) is 1. The van der Waals surface area contributed by atoms with E-state index in [4.69, 9.17) is 9.47 Å². The van der Waals surface area contributed by atoms with Crippen LogP contribution in [0.1, 0.15) is 0 Å². The second-order valence-electron chi connectivity index (χ2n) is 6.57. The van der Waals surface area contributed by atoms with E-state index in [-0.39, 0.29) is 24.8 Å². The van der Waals surface area contributed by atoms with E-state index >= 15 is 0 Å². The van der Waals surface area contributed by atoms with Crippen molar-refractivity contribution < 1.29 is 22.7 Å². The van der Waals surface area contributed by atoms with Gasteiger partial charge in [-0.2, -0.15) is 4.31 Å². The van der Waals surface area contributed by atoms with Gasteiger partial charge in [-0.05, 0) is 18.2 Å². The molecule has 1 aromatic heterocycles. The fraction of sp³-hybridized carbons (Fsp3) is 0.421. The van der Waals surface area contributed by atoms with Crippen LogP contribution in [0.2, 0.25) is 0 Å². The van der Waals surface area contributed by atoms with Gasteiger partial charge < -0.3 is 19.7 Å². The molecule has 2 aromatic rings. The highest BCUT2D eigenvalue weighted by Crippen LogP contribution is 2.18. The Bertz CT molecular complexity index is 933. The number of amides is 1. The highest BCUT2D eigenvalue weighted by Gasteiger charge is 2.27. The summed E-state index contributed by atoms with van der Waals surface area (Å²) < 4.78 is 37.0. The SMILES string of the molecule is COc1cccc(OCC(=O)NCCS(=O)(=O)N2CCN(c3ncccn3)CC2)c1. The van der Waals surface area contributed by atoms with Gasteiger partial charge in [0, 0.05) is 51.2 Å². The van der Waals surface area contributed by atoms with Crippen molar-refractivity contribution in [2.24, 2.45) is 0 Å². The Morgan fingerprint density at radius 3 is 2.50 bits per heavy atom. The number of aromatic nitrogens is 2. The summed E-state index contributed by atoms with van der Waals surface area (Å²) in [6.07, 6.45) is 3.32. The molecule has 0 bridgehead atoms. The molecule has 0 atom stereocenters. The highest BCUT2D eigenvalue weighted by molar-refractivity contribution is 7.89. The van der Waals surface area contributed by atoms with Gasteiger partial charge >= 0.3 is 0 Å². The van der Waals surface area contributed by atoms with Gasteiger partial charge in [-0.3, -0.25) is 4.79 Å². The third kappa shape index (κ3) is 6.04. The Morgan fingerprint density at radius 2 is 1.80 bits per heavy atom. The minimum atomic E-state index is -3.47. The lowest BCUT2D eigenvalue weighted by Gasteiger charge is -2.33. The zero-order valence-corrected chi connectivity index (χ0v) is 17.5. The quantitative estimate of drug-likeness (QED) is 0.591. The first-order valence-corrected chi connectivity index (χ1v) is 11.1. The number of sulfonamides is 1. The van der Waals surface area contributed by atoms with Crippen molar-refractivity contribution in [1.82, 2.24) is 19.6 Å². The largest absolute Gasteiger partial charge is 0.497 e. The monoisotopic (exact) mass is 435 g/mol. The normalized spacial score (nSPS) is 14.9. The standard InChI is InChI=1S/C19H25N5O5S/c1-28-16-4-2-5-17(14-16)29-15-18(25)20-8-13-30(26,27)24-11-9-23(10-12-24)19-21-6-3-7-22-19/h2-7,14H,8-13,15H2,1H3,(H,20,25). The summed E-state index contributed by atoms with van der Waals surface area (Å²) in [5, 5.41) is 2.58. The molecular formula is C19H25N5O5S. The second-order valence-corrected chi connectivity index (χ2v) is 8.66. The van der Waals surface area contributed by atoms with E-state index in [1.165, 1.54) is 4.31 Å². The van der Waals surface area contributed by atoms with E-state index in [2.05, 4.69) is 15.3 Å². The summed E-state index contributed by atoms with van der Waals surface area (Å²) in [6, 6.07) is 8.63. The first-order chi connectivity index (χ1) is 14.5. The van der Waals surface area contributed by atoms with Gasteiger partial charge in [-0.15, -0.1) is 0 Å². The lowest BCUT2D eigenvalue weighted by molar-refractivity contribution is -0.122. The molecule has 2 heterocycles. The van der Waals surface area contributed by atoms with E-state index in [0.717, 1.165) is 0 Å². The lowest BCUT2D eigenvalue weighted by Crippen LogP contribution is -2.50. The fourth-order valence-corrected chi connectivity index (χ4v) is 4.30. The third-order valence-corrected chi connectivity index (χ3v) is 6.43. The fourth-order valence-electron chi connectivity index (χ4n) is 2.96. The minimum absolute atomic E-state index is 0.0185. The zero-order valence-electron chi connectivity index (χ0n) is 16.7. The van der Waals surface area contributed by atoms with Crippen molar-refractivity contribution in [3.05, 3.63) is 42.7 Å². The molecule has 0 radical (unpaired) electrons. The predicted molar refractivity (Wildman–Crippen MR) is 111 cm³/mol. The van der Waals surface area contributed by atoms with E-state index in [9.17, 15) is 13.2 Å². The number of nitrogens with one attached hydrogen (secondary N) is 1. The van der Waals surface area contributed by atoms with Crippen LogP contribution in [-0.2, 0) is 14.8 Å². The number of ether oxygens (including phenoxy) is 2. The summed E-state index contributed by atoms with van der Waals surface area (Å²) >= 11 is 0. The summed E-state index contributed by atoms with van der Waals surface area (Å²) in [5.41, 5.74) is 0.